The topological polar surface area (TPSA) is 181 Å². The summed E-state index contributed by atoms with van der Waals surface area (Å²) in [6.07, 6.45) is 2.53. The van der Waals surface area contributed by atoms with Crippen molar-refractivity contribution < 1.29 is 56.9 Å². The molecular formula is C30H61N3O12S2. The molecule has 0 unspecified atom stereocenters. The third-order valence-electron chi connectivity index (χ3n) is 5.49. The maximum Gasteiger partial charge on any atom is 0.222 e. The summed E-state index contributed by atoms with van der Waals surface area (Å²) in [4.78, 5) is 11.7. The minimum Gasteiger partial charge on any atom is -0.379 e. The van der Waals surface area contributed by atoms with Crippen LogP contribution in [0.5, 0.6) is 0 Å². The molecule has 0 rings (SSSR count). The van der Waals surface area contributed by atoms with Crippen molar-refractivity contribution in [3.05, 3.63) is 0 Å². The number of amides is 1. The lowest BCUT2D eigenvalue weighted by Gasteiger charge is -2.09. The number of nitrogens with two attached hydrogens (primary N) is 1. The molecule has 4 N–H and O–H groups in total. The minimum absolute atomic E-state index is 0.0570. The first-order valence-corrected chi connectivity index (χ1v) is 18.7. The normalized spacial score (nSPS) is 11.3. The van der Waals surface area contributed by atoms with Gasteiger partial charge in [-0.2, -0.15) is 0 Å². The summed E-state index contributed by atoms with van der Waals surface area (Å²) in [6, 6.07) is 0. The van der Waals surface area contributed by atoms with Crippen LogP contribution in [0, 0.1) is 5.41 Å². The quantitative estimate of drug-likeness (QED) is 0.0361. The van der Waals surface area contributed by atoms with Gasteiger partial charge in [0.25, 0.3) is 0 Å². The Bertz CT molecular complexity index is 663. The minimum atomic E-state index is -0.0678. The van der Waals surface area contributed by atoms with Gasteiger partial charge in [-0.15, -0.1) is 0 Å². The Kier molecular flexibility index (Phi) is 40.7. The Hall–Kier alpha value is -0.800. The van der Waals surface area contributed by atoms with Gasteiger partial charge in [-0.1, -0.05) is 24.1 Å². The molecule has 1 amide bonds. The van der Waals surface area contributed by atoms with E-state index in [9.17, 15) is 4.79 Å². The van der Waals surface area contributed by atoms with Crippen LogP contribution in [-0.2, 0) is 56.9 Å². The maximum atomic E-state index is 11.7. The summed E-state index contributed by atoms with van der Waals surface area (Å²) in [5, 5.41) is 9.93. The van der Waals surface area contributed by atoms with E-state index in [1.165, 1.54) is 21.6 Å². The molecule has 0 bridgehead atoms. The molecule has 0 aliphatic heterocycles. The molecule has 17 heteroatoms. The fourth-order valence-corrected chi connectivity index (χ4v) is 4.41. The molecule has 0 heterocycles. The number of carbonyl (C=O) groups is 1. The summed E-state index contributed by atoms with van der Waals surface area (Å²) in [5.74, 6) is 0.618. The lowest BCUT2D eigenvalue weighted by atomic mass is 10.4. The zero-order valence-corrected chi connectivity index (χ0v) is 30.0. The first-order valence-electron chi connectivity index (χ1n) is 16.4. The number of nitrogens with one attached hydrogen (secondary N) is 2. The zero-order valence-electron chi connectivity index (χ0n) is 28.4. The van der Waals surface area contributed by atoms with E-state index in [0.29, 0.717) is 157 Å². The van der Waals surface area contributed by atoms with Gasteiger partial charge in [0.2, 0.25) is 5.91 Å². The molecule has 0 atom stereocenters. The van der Waals surface area contributed by atoms with E-state index in [2.05, 4.69) is 12.2 Å². The number of hydrogen-bond acceptors (Lipinski definition) is 15. The molecule has 280 valence electrons. The van der Waals surface area contributed by atoms with Crippen LogP contribution >= 0.6 is 21.6 Å². The Morgan fingerprint density at radius 3 is 1.13 bits per heavy atom. The molecule has 0 aromatic rings. The van der Waals surface area contributed by atoms with Crippen molar-refractivity contribution in [1.82, 2.24) is 5.32 Å². The van der Waals surface area contributed by atoms with Crippen LogP contribution in [0.15, 0.2) is 0 Å². The molecule has 0 aliphatic carbocycles. The van der Waals surface area contributed by atoms with Crippen LogP contribution in [0.1, 0.15) is 26.2 Å². The molecule has 0 aromatic heterocycles. The van der Waals surface area contributed by atoms with Gasteiger partial charge in [0.05, 0.1) is 139 Å². The van der Waals surface area contributed by atoms with Gasteiger partial charge in [-0.3, -0.25) is 10.2 Å². The number of amidine groups is 1. The molecule has 15 nitrogen and oxygen atoms in total. The summed E-state index contributed by atoms with van der Waals surface area (Å²) >= 11 is 0. The van der Waals surface area contributed by atoms with Crippen molar-refractivity contribution in [2.24, 2.45) is 5.73 Å². The van der Waals surface area contributed by atoms with Crippen LogP contribution in [0.2, 0.25) is 0 Å². The first-order chi connectivity index (χ1) is 23.2. The van der Waals surface area contributed by atoms with Crippen LogP contribution < -0.4 is 11.1 Å². The van der Waals surface area contributed by atoms with Crippen LogP contribution in [0.25, 0.3) is 0 Å². The Morgan fingerprint density at radius 2 is 0.830 bits per heavy atom. The molecule has 47 heavy (non-hydrogen) atoms. The largest absolute Gasteiger partial charge is 0.379 e. The fourth-order valence-electron chi connectivity index (χ4n) is 3.14. The molecule has 0 saturated carbocycles. The highest BCUT2D eigenvalue weighted by Crippen LogP contribution is 2.18. The zero-order chi connectivity index (χ0) is 34.1. The van der Waals surface area contributed by atoms with Crippen molar-refractivity contribution in [1.29, 1.82) is 5.41 Å². The highest BCUT2D eigenvalue weighted by molar-refractivity contribution is 8.82. The van der Waals surface area contributed by atoms with Gasteiger partial charge in [0, 0.05) is 25.3 Å². The lowest BCUT2D eigenvalue weighted by Crippen LogP contribution is -2.26. The van der Waals surface area contributed by atoms with E-state index in [1.54, 1.807) is 0 Å². The van der Waals surface area contributed by atoms with E-state index in [4.69, 9.17) is 63.2 Å². The fraction of sp³-hybridized carbons (Fsp3) is 0.933. The van der Waals surface area contributed by atoms with Gasteiger partial charge in [0.15, 0.2) is 5.17 Å². The van der Waals surface area contributed by atoms with Crippen molar-refractivity contribution >= 4 is 32.7 Å². The molecule has 0 saturated heterocycles. The predicted octanol–water partition coefficient (Wildman–Crippen LogP) is 1.75. The monoisotopic (exact) mass is 719 g/mol. The molecule has 0 spiro atoms. The standard InChI is InChI=1S/C30H61N3O12S2/c1-2-3-6-35-8-10-37-12-14-39-16-18-41-20-22-43-24-26-45-27-25-44-23-21-42-19-17-40-15-13-38-11-9-36-7-4-29(34)33-5-28-46-47-30(31)32/h2-28H2,1H3,(H3,31,32)(H,33,34). The number of rotatable bonds is 40. The highest BCUT2D eigenvalue weighted by atomic mass is 33.1. The summed E-state index contributed by atoms with van der Waals surface area (Å²) < 4.78 is 59.9. The van der Waals surface area contributed by atoms with Gasteiger partial charge in [0.1, 0.15) is 0 Å². The molecule has 0 fully saturated rings. The van der Waals surface area contributed by atoms with E-state index in [1.807, 2.05) is 0 Å². The lowest BCUT2D eigenvalue weighted by molar-refractivity contribution is -0.122. The second-order valence-corrected chi connectivity index (χ2v) is 11.9. The van der Waals surface area contributed by atoms with Gasteiger partial charge in [-0.25, -0.2) is 0 Å². The molecular weight excluding hydrogens is 658 g/mol. The van der Waals surface area contributed by atoms with E-state index < -0.39 is 0 Å². The second kappa shape index (κ2) is 41.4. The maximum absolute atomic E-state index is 11.7. The van der Waals surface area contributed by atoms with Crippen LogP contribution in [0.3, 0.4) is 0 Å². The Morgan fingerprint density at radius 1 is 0.532 bits per heavy atom. The first kappa shape index (κ1) is 46.2. The highest BCUT2D eigenvalue weighted by Gasteiger charge is 2.01. The third kappa shape index (κ3) is 43.2. The van der Waals surface area contributed by atoms with Crippen molar-refractivity contribution in [3.8, 4) is 0 Å². The van der Waals surface area contributed by atoms with Crippen LogP contribution in [-0.4, -0.2) is 169 Å². The average molecular weight is 720 g/mol. The number of unbranched alkanes of at least 4 members (excludes halogenated alkanes) is 1. The summed E-state index contributed by atoms with van der Waals surface area (Å²) in [6.45, 7) is 14.0. The molecule has 0 aliphatic rings. The molecule has 0 radical (unpaired) electrons. The van der Waals surface area contributed by atoms with Crippen molar-refractivity contribution in [2.75, 3.05) is 158 Å². The number of hydrogen-bond donors (Lipinski definition) is 3. The predicted molar refractivity (Wildman–Crippen MR) is 184 cm³/mol. The number of carbonyl (C=O) groups excluding carboxylic acids is 1. The second-order valence-electron chi connectivity index (χ2n) is 9.46. The molecule has 0 aromatic carbocycles. The van der Waals surface area contributed by atoms with Crippen LogP contribution in [0.4, 0.5) is 0 Å². The van der Waals surface area contributed by atoms with E-state index in [-0.39, 0.29) is 11.1 Å². The smallest absolute Gasteiger partial charge is 0.222 e. The van der Waals surface area contributed by atoms with E-state index in [0.717, 1.165) is 19.4 Å². The Balaban J connectivity index is 3.10. The third-order valence-corrected chi connectivity index (χ3v) is 7.55. The van der Waals surface area contributed by atoms with Crippen molar-refractivity contribution in [3.63, 3.8) is 0 Å². The Labute approximate surface area is 289 Å². The average Bonchev–Trinajstić information content (AvgIpc) is 3.06. The SMILES string of the molecule is CCCCOCCOCCOCCOCCOCCOCCOCCOCCOCCOCCOCCC(=O)NCCSSC(=N)N. The van der Waals surface area contributed by atoms with Gasteiger partial charge < -0.3 is 63.2 Å². The summed E-state index contributed by atoms with van der Waals surface area (Å²) in [7, 11) is 2.61. The number of ether oxygens (including phenoxy) is 11. The van der Waals surface area contributed by atoms with Gasteiger partial charge in [-0.05, 0) is 17.2 Å². The van der Waals surface area contributed by atoms with E-state index >= 15 is 0 Å². The van der Waals surface area contributed by atoms with Gasteiger partial charge >= 0.3 is 0 Å². The van der Waals surface area contributed by atoms with Crippen molar-refractivity contribution in [2.45, 2.75) is 26.2 Å². The summed E-state index contributed by atoms with van der Waals surface area (Å²) in [5.41, 5.74) is 5.23.